The molecule has 0 radical (unpaired) electrons. The van der Waals surface area contributed by atoms with Crippen molar-refractivity contribution in [2.45, 2.75) is 25.8 Å². The van der Waals surface area contributed by atoms with Gasteiger partial charge in [0.1, 0.15) is 0 Å². The Morgan fingerprint density at radius 3 is 2.68 bits per heavy atom. The zero-order chi connectivity index (χ0) is 14.0. The number of aryl methyl sites for hydroxylation is 1. The van der Waals surface area contributed by atoms with Crippen LogP contribution in [-0.4, -0.2) is 39.6 Å². The summed E-state index contributed by atoms with van der Waals surface area (Å²) < 4.78 is 23.1. The second kappa shape index (κ2) is 5.51. The fourth-order valence-electron chi connectivity index (χ4n) is 2.63. The van der Waals surface area contributed by atoms with Gasteiger partial charge >= 0.3 is 0 Å². The Labute approximate surface area is 115 Å². The van der Waals surface area contributed by atoms with E-state index in [0.717, 1.165) is 18.5 Å². The molecule has 1 aliphatic heterocycles. The molecule has 0 saturated carbocycles. The first kappa shape index (κ1) is 14.3. The molecule has 0 amide bonds. The maximum atomic E-state index is 11.5. The molecule has 1 atom stereocenters. The number of rotatable bonds is 4. The van der Waals surface area contributed by atoms with Gasteiger partial charge in [-0.2, -0.15) is 0 Å². The SMILES string of the molecule is Cc1cc(N(C)C2CCS(=O)(=O)C2)ccc1CCN. The van der Waals surface area contributed by atoms with Crippen molar-refractivity contribution in [3.05, 3.63) is 29.3 Å². The molecular formula is C14H22N2O2S. The van der Waals surface area contributed by atoms with Gasteiger partial charge in [-0.05, 0) is 49.6 Å². The molecule has 2 rings (SSSR count). The second-order valence-corrected chi connectivity index (χ2v) is 7.55. The number of hydrogen-bond donors (Lipinski definition) is 1. The molecule has 2 N–H and O–H groups in total. The highest BCUT2D eigenvalue weighted by atomic mass is 32.2. The lowest BCUT2D eigenvalue weighted by Gasteiger charge is -2.26. The molecule has 1 fully saturated rings. The summed E-state index contributed by atoms with van der Waals surface area (Å²) in [4.78, 5) is 2.09. The van der Waals surface area contributed by atoms with E-state index in [2.05, 4.69) is 30.0 Å². The Balaban J connectivity index is 2.16. The van der Waals surface area contributed by atoms with Crippen molar-refractivity contribution in [3.63, 3.8) is 0 Å². The number of hydrogen-bond acceptors (Lipinski definition) is 4. The Kier molecular flexibility index (Phi) is 4.16. The van der Waals surface area contributed by atoms with E-state index in [9.17, 15) is 8.42 Å². The maximum absolute atomic E-state index is 11.5. The third-order valence-corrected chi connectivity index (χ3v) is 5.65. The van der Waals surface area contributed by atoms with Crippen LogP contribution in [0.1, 0.15) is 17.5 Å². The Morgan fingerprint density at radius 1 is 1.42 bits per heavy atom. The molecule has 1 aliphatic rings. The highest BCUT2D eigenvalue weighted by Gasteiger charge is 2.30. The van der Waals surface area contributed by atoms with Crippen LogP contribution >= 0.6 is 0 Å². The lowest BCUT2D eigenvalue weighted by molar-refractivity contribution is 0.601. The summed E-state index contributed by atoms with van der Waals surface area (Å²) in [6, 6.07) is 6.38. The maximum Gasteiger partial charge on any atom is 0.152 e. The number of nitrogens with zero attached hydrogens (tertiary/aromatic N) is 1. The van der Waals surface area contributed by atoms with Crippen molar-refractivity contribution in [1.82, 2.24) is 0 Å². The highest BCUT2D eigenvalue weighted by molar-refractivity contribution is 7.91. The van der Waals surface area contributed by atoms with Gasteiger partial charge in [0.2, 0.25) is 0 Å². The third-order valence-electron chi connectivity index (χ3n) is 3.90. The molecule has 19 heavy (non-hydrogen) atoms. The van der Waals surface area contributed by atoms with Gasteiger partial charge in [0, 0.05) is 18.8 Å². The summed E-state index contributed by atoms with van der Waals surface area (Å²) in [6.45, 7) is 2.73. The van der Waals surface area contributed by atoms with E-state index in [-0.39, 0.29) is 11.8 Å². The molecule has 0 spiro atoms. The van der Waals surface area contributed by atoms with E-state index in [1.807, 2.05) is 7.05 Å². The summed E-state index contributed by atoms with van der Waals surface area (Å²) >= 11 is 0. The fourth-order valence-corrected chi connectivity index (χ4v) is 4.40. The van der Waals surface area contributed by atoms with Gasteiger partial charge in [-0.3, -0.25) is 0 Å². The summed E-state index contributed by atoms with van der Waals surface area (Å²) in [5, 5.41) is 0. The van der Waals surface area contributed by atoms with Crippen LogP contribution in [0.3, 0.4) is 0 Å². The fraction of sp³-hybridized carbons (Fsp3) is 0.571. The van der Waals surface area contributed by atoms with Crippen molar-refractivity contribution in [2.75, 3.05) is 30.0 Å². The van der Waals surface area contributed by atoms with Gasteiger partial charge in [-0.15, -0.1) is 0 Å². The zero-order valence-corrected chi connectivity index (χ0v) is 12.4. The molecule has 1 aromatic carbocycles. The van der Waals surface area contributed by atoms with Crippen molar-refractivity contribution < 1.29 is 8.42 Å². The van der Waals surface area contributed by atoms with Crippen LogP contribution in [-0.2, 0) is 16.3 Å². The average molecular weight is 282 g/mol. The van der Waals surface area contributed by atoms with Crippen LogP contribution in [0.5, 0.6) is 0 Å². The standard InChI is InChI=1S/C14H22N2O2S/c1-11-9-13(4-3-12(11)5-7-15)16(2)14-6-8-19(17,18)10-14/h3-4,9,14H,5-8,10,15H2,1-2H3. The van der Waals surface area contributed by atoms with Gasteiger partial charge < -0.3 is 10.6 Å². The van der Waals surface area contributed by atoms with E-state index in [1.54, 1.807) is 0 Å². The predicted molar refractivity (Wildman–Crippen MR) is 79.4 cm³/mol. The molecule has 1 heterocycles. The first-order valence-electron chi connectivity index (χ1n) is 6.66. The van der Waals surface area contributed by atoms with Crippen LogP contribution in [0.15, 0.2) is 18.2 Å². The largest absolute Gasteiger partial charge is 0.371 e. The second-order valence-electron chi connectivity index (χ2n) is 5.32. The Hall–Kier alpha value is -1.07. The summed E-state index contributed by atoms with van der Waals surface area (Å²) in [6.07, 6.45) is 1.61. The van der Waals surface area contributed by atoms with Crippen LogP contribution in [0.2, 0.25) is 0 Å². The normalized spacial score (nSPS) is 21.5. The monoisotopic (exact) mass is 282 g/mol. The quantitative estimate of drug-likeness (QED) is 0.899. The number of sulfone groups is 1. The van der Waals surface area contributed by atoms with Crippen LogP contribution in [0.25, 0.3) is 0 Å². The first-order valence-corrected chi connectivity index (χ1v) is 8.48. The molecule has 0 aromatic heterocycles. The smallest absolute Gasteiger partial charge is 0.152 e. The zero-order valence-electron chi connectivity index (χ0n) is 11.6. The van der Waals surface area contributed by atoms with Crippen LogP contribution in [0, 0.1) is 6.92 Å². The predicted octanol–water partition coefficient (Wildman–Crippen LogP) is 1.12. The molecule has 106 valence electrons. The van der Waals surface area contributed by atoms with Crippen molar-refractivity contribution in [1.29, 1.82) is 0 Å². The van der Waals surface area contributed by atoms with Gasteiger partial charge in [-0.25, -0.2) is 8.42 Å². The number of benzene rings is 1. The highest BCUT2D eigenvalue weighted by Crippen LogP contribution is 2.25. The molecule has 5 heteroatoms. The lowest BCUT2D eigenvalue weighted by atomic mass is 10.0. The molecular weight excluding hydrogens is 260 g/mol. The summed E-state index contributed by atoms with van der Waals surface area (Å²) in [5.41, 5.74) is 9.14. The van der Waals surface area contributed by atoms with Gasteiger partial charge in [0.15, 0.2) is 9.84 Å². The number of nitrogens with two attached hydrogens (primary N) is 1. The minimum absolute atomic E-state index is 0.102. The van der Waals surface area contributed by atoms with Gasteiger partial charge in [-0.1, -0.05) is 6.07 Å². The minimum atomic E-state index is -2.83. The first-order chi connectivity index (χ1) is 8.93. The van der Waals surface area contributed by atoms with Gasteiger partial charge in [0.25, 0.3) is 0 Å². The van der Waals surface area contributed by atoms with E-state index in [0.29, 0.717) is 12.3 Å². The molecule has 1 saturated heterocycles. The third kappa shape index (κ3) is 3.28. The van der Waals surface area contributed by atoms with E-state index >= 15 is 0 Å². The lowest BCUT2D eigenvalue weighted by Crippen LogP contribution is -2.32. The molecule has 4 nitrogen and oxygen atoms in total. The van der Waals surface area contributed by atoms with E-state index in [1.165, 1.54) is 11.1 Å². The molecule has 1 aromatic rings. The number of anilines is 1. The van der Waals surface area contributed by atoms with Crippen LogP contribution in [0.4, 0.5) is 5.69 Å². The van der Waals surface area contributed by atoms with Gasteiger partial charge in [0.05, 0.1) is 11.5 Å². The van der Waals surface area contributed by atoms with Crippen molar-refractivity contribution in [2.24, 2.45) is 5.73 Å². The molecule has 1 unspecified atom stereocenters. The van der Waals surface area contributed by atoms with Crippen LogP contribution < -0.4 is 10.6 Å². The van der Waals surface area contributed by atoms with Crippen molar-refractivity contribution >= 4 is 15.5 Å². The van der Waals surface area contributed by atoms with Crippen molar-refractivity contribution in [3.8, 4) is 0 Å². The topological polar surface area (TPSA) is 63.4 Å². The molecule has 0 bridgehead atoms. The Bertz CT molecular complexity index is 555. The van der Waals surface area contributed by atoms with E-state index < -0.39 is 9.84 Å². The average Bonchev–Trinajstić information content (AvgIpc) is 2.71. The summed E-state index contributed by atoms with van der Waals surface area (Å²) in [5.74, 6) is 0.583. The van der Waals surface area contributed by atoms with E-state index in [4.69, 9.17) is 5.73 Å². The molecule has 0 aliphatic carbocycles. The summed E-state index contributed by atoms with van der Waals surface area (Å²) in [7, 11) is -0.858. The Morgan fingerprint density at radius 2 is 2.16 bits per heavy atom. The minimum Gasteiger partial charge on any atom is -0.371 e.